The first-order valence-corrected chi connectivity index (χ1v) is 4.28. The van der Waals surface area contributed by atoms with Gasteiger partial charge in [-0.05, 0) is 22.6 Å². The van der Waals surface area contributed by atoms with E-state index in [1.165, 1.54) is 13.3 Å². The Morgan fingerprint density at radius 3 is 2.75 bits per heavy atom. The van der Waals surface area contributed by atoms with E-state index in [1.54, 1.807) is 6.07 Å². The fraction of sp³-hybridized carbons (Fsp3) is 0.167. The molecule has 0 bridgehead atoms. The molecule has 0 saturated carbocycles. The summed E-state index contributed by atoms with van der Waals surface area (Å²) < 4.78 is 5.67. The summed E-state index contributed by atoms with van der Waals surface area (Å²) in [5.74, 6) is 0.435. The van der Waals surface area contributed by atoms with Crippen molar-refractivity contribution in [2.75, 3.05) is 7.11 Å². The van der Waals surface area contributed by atoms with Gasteiger partial charge in [-0.3, -0.25) is 4.98 Å². The second-order valence-corrected chi connectivity index (χ2v) is 3.23. The Morgan fingerprint density at radius 2 is 2.25 bits per heavy atom. The topological polar surface area (TPSA) is 62.6 Å². The molecule has 4 nitrogen and oxygen atoms in total. The standard InChI is InChI=1S/C6H7BINO3/c1-12-5-2-6(8)9-3-4(5)7(10)11/h2-3,10-11H,1H3. The zero-order chi connectivity index (χ0) is 9.14. The summed E-state index contributed by atoms with van der Waals surface area (Å²) in [4.78, 5) is 3.90. The molecule has 0 unspecified atom stereocenters. The van der Waals surface area contributed by atoms with Gasteiger partial charge in [-0.25, -0.2) is 0 Å². The molecule has 0 amide bonds. The highest BCUT2D eigenvalue weighted by molar-refractivity contribution is 14.1. The fourth-order valence-corrected chi connectivity index (χ4v) is 1.22. The molecule has 2 N–H and O–H groups in total. The maximum absolute atomic E-state index is 8.86. The van der Waals surface area contributed by atoms with Crippen LogP contribution in [0, 0.1) is 3.70 Å². The number of hydrogen-bond donors (Lipinski definition) is 2. The molecular weight excluding hydrogens is 272 g/mol. The van der Waals surface area contributed by atoms with Gasteiger partial charge < -0.3 is 14.8 Å². The Hall–Kier alpha value is -0.335. The van der Waals surface area contributed by atoms with Crippen molar-refractivity contribution in [3.05, 3.63) is 16.0 Å². The van der Waals surface area contributed by atoms with Crippen molar-refractivity contribution in [1.82, 2.24) is 4.98 Å². The summed E-state index contributed by atoms with van der Waals surface area (Å²) in [5.41, 5.74) is 0.276. The molecule has 0 saturated heterocycles. The van der Waals surface area contributed by atoms with Gasteiger partial charge in [0.2, 0.25) is 0 Å². The minimum Gasteiger partial charge on any atom is -0.497 e. The number of pyridine rings is 1. The summed E-state index contributed by atoms with van der Waals surface area (Å²) in [6.07, 6.45) is 1.38. The number of halogens is 1. The van der Waals surface area contributed by atoms with Crippen molar-refractivity contribution in [3.8, 4) is 5.75 Å². The molecule has 0 aromatic carbocycles. The normalized spacial score (nSPS) is 9.67. The van der Waals surface area contributed by atoms with Gasteiger partial charge in [0.1, 0.15) is 9.45 Å². The van der Waals surface area contributed by atoms with Crippen LogP contribution in [0.25, 0.3) is 0 Å². The molecule has 1 aromatic rings. The van der Waals surface area contributed by atoms with Crippen molar-refractivity contribution in [2.24, 2.45) is 0 Å². The average Bonchev–Trinajstić information content (AvgIpc) is 2.03. The van der Waals surface area contributed by atoms with E-state index < -0.39 is 7.12 Å². The first-order valence-electron chi connectivity index (χ1n) is 3.20. The number of aromatic nitrogens is 1. The first-order chi connectivity index (χ1) is 5.65. The predicted octanol–water partition coefficient (Wildman–Crippen LogP) is -0.625. The fourth-order valence-electron chi connectivity index (χ4n) is 0.794. The van der Waals surface area contributed by atoms with Crippen LogP contribution in [0.2, 0.25) is 0 Å². The molecule has 0 aliphatic carbocycles. The minimum atomic E-state index is -1.54. The van der Waals surface area contributed by atoms with Crippen LogP contribution in [-0.4, -0.2) is 29.3 Å². The van der Waals surface area contributed by atoms with Crippen LogP contribution in [0.1, 0.15) is 0 Å². The molecule has 0 spiro atoms. The predicted molar refractivity (Wildman–Crippen MR) is 53.3 cm³/mol. The van der Waals surface area contributed by atoms with E-state index in [4.69, 9.17) is 14.8 Å². The van der Waals surface area contributed by atoms with Gasteiger partial charge in [0.15, 0.2) is 0 Å². The lowest BCUT2D eigenvalue weighted by Crippen LogP contribution is -2.31. The summed E-state index contributed by atoms with van der Waals surface area (Å²) in [6, 6.07) is 1.63. The Morgan fingerprint density at radius 1 is 1.58 bits per heavy atom. The van der Waals surface area contributed by atoms with Crippen LogP contribution in [-0.2, 0) is 0 Å². The number of ether oxygens (including phenoxy) is 1. The van der Waals surface area contributed by atoms with Crippen molar-refractivity contribution in [2.45, 2.75) is 0 Å². The summed E-state index contributed by atoms with van der Waals surface area (Å²) in [5, 5.41) is 17.7. The third-order valence-corrected chi connectivity index (χ3v) is 1.95. The second-order valence-electron chi connectivity index (χ2n) is 2.12. The monoisotopic (exact) mass is 279 g/mol. The number of methoxy groups -OCH3 is 1. The van der Waals surface area contributed by atoms with Gasteiger partial charge in [-0.15, -0.1) is 0 Å². The van der Waals surface area contributed by atoms with E-state index in [0.29, 0.717) is 5.75 Å². The Kier molecular flexibility index (Phi) is 3.30. The third-order valence-electron chi connectivity index (χ3n) is 1.36. The second kappa shape index (κ2) is 4.06. The van der Waals surface area contributed by atoms with Crippen LogP contribution in [0.3, 0.4) is 0 Å². The zero-order valence-corrected chi connectivity index (χ0v) is 8.52. The smallest absolute Gasteiger partial charge is 0.493 e. The van der Waals surface area contributed by atoms with Gasteiger partial charge >= 0.3 is 7.12 Å². The van der Waals surface area contributed by atoms with E-state index in [2.05, 4.69) is 4.98 Å². The first kappa shape index (κ1) is 9.75. The molecular formula is C6H7BINO3. The summed E-state index contributed by atoms with van der Waals surface area (Å²) >= 11 is 2.01. The lowest BCUT2D eigenvalue weighted by atomic mass is 9.81. The Labute approximate surface area is 83.9 Å². The highest BCUT2D eigenvalue weighted by Crippen LogP contribution is 2.09. The van der Waals surface area contributed by atoms with Crippen LogP contribution >= 0.6 is 22.6 Å². The molecule has 0 aliphatic heterocycles. The third kappa shape index (κ3) is 2.08. The lowest BCUT2D eigenvalue weighted by molar-refractivity contribution is 0.402. The van der Waals surface area contributed by atoms with Crippen molar-refractivity contribution in [1.29, 1.82) is 0 Å². The van der Waals surface area contributed by atoms with Crippen LogP contribution < -0.4 is 10.2 Å². The highest BCUT2D eigenvalue weighted by Gasteiger charge is 2.17. The molecule has 0 radical (unpaired) electrons. The van der Waals surface area contributed by atoms with Crippen molar-refractivity contribution < 1.29 is 14.8 Å². The summed E-state index contributed by atoms with van der Waals surface area (Å²) in [6.45, 7) is 0. The van der Waals surface area contributed by atoms with Crippen LogP contribution in [0.15, 0.2) is 12.3 Å². The van der Waals surface area contributed by atoms with E-state index in [0.717, 1.165) is 3.70 Å². The van der Waals surface area contributed by atoms with Gasteiger partial charge in [0.05, 0.1) is 7.11 Å². The molecule has 0 aliphatic rings. The lowest BCUT2D eigenvalue weighted by Gasteiger charge is -2.06. The molecule has 0 fully saturated rings. The van der Waals surface area contributed by atoms with E-state index in [-0.39, 0.29) is 5.46 Å². The zero-order valence-electron chi connectivity index (χ0n) is 6.36. The maximum Gasteiger partial charge on any atom is 0.493 e. The van der Waals surface area contributed by atoms with Crippen LogP contribution in [0.4, 0.5) is 0 Å². The molecule has 6 heteroatoms. The summed E-state index contributed by atoms with van der Waals surface area (Å²) in [7, 11) is -0.0680. The minimum absolute atomic E-state index is 0.276. The van der Waals surface area contributed by atoms with Crippen molar-refractivity contribution >= 4 is 35.2 Å². The molecule has 0 atom stereocenters. The average molecular weight is 279 g/mol. The SMILES string of the molecule is COc1cc(I)ncc1B(O)O. The maximum atomic E-state index is 8.86. The molecule has 1 rings (SSSR count). The van der Waals surface area contributed by atoms with Crippen molar-refractivity contribution in [3.63, 3.8) is 0 Å². The van der Waals surface area contributed by atoms with Gasteiger partial charge in [0.25, 0.3) is 0 Å². The number of nitrogens with zero attached hydrogens (tertiary/aromatic N) is 1. The molecule has 1 heterocycles. The van der Waals surface area contributed by atoms with E-state index >= 15 is 0 Å². The van der Waals surface area contributed by atoms with E-state index in [9.17, 15) is 0 Å². The van der Waals surface area contributed by atoms with Gasteiger partial charge in [0, 0.05) is 17.7 Å². The van der Waals surface area contributed by atoms with E-state index in [1.807, 2.05) is 22.6 Å². The Balaban J connectivity index is 3.11. The van der Waals surface area contributed by atoms with Gasteiger partial charge in [-0.1, -0.05) is 0 Å². The highest BCUT2D eigenvalue weighted by atomic mass is 127. The molecule has 64 valence electrons. The number of hydrogen-bond acceptors (Lipinski definition) is 4. The number of rotatable bonds is 2. The largest absolute Gasteiger partial charge is 0.497 e. The Bertz CT molecular complexity index is 281. The molecule has 1 aromatic heterocycles. The quantitative estimate of drug-likeness (QED) is 0.430. The van der Waals surface area contributed by atoms with Gasteiger partial charge in [-0.2, -0.15) is 0 Å². The molecule has 12 heavy (non-hydrogen) atoms. The van der Waals surface area contributed by atoms with Crippen LogP contribution in [0.5, 0.6) is 5.75 Å².